The molecule has 1 atom stereocenters. The third kappa shape index (κ3) is 1.42. The summed E-state index contributed by atoms with van der Waals surface area (Å²) in [4.78, 5) is 12.4. The molecule has 1 aromatic rings. The molecule has 0 radical (unpaired) electrons. The van der Waals surface area contributed by atoms with Crippen LogP contribution in [0.2, 0.25) is 0 Å². The van der Waals surface area contributed by atoms with Crippen LogP contribution >= 0.6 is 15.9 Å². The number of halogens is 1. The molecule has 2 rings (SSSR count). The number of carbonyl (C=O) groups excluding carboxylic acids is 1. The fraction of sp³-hybridized carbons (Fsp3) is 0.417. The lowest BCUT2D eigenvalue weighted by molar-refractivity contribution is 0.0810. The van der Waals surface area contributed by atoms with Gasteiger partial charge in [0.1, 0.15) is 0 Å². The van der Waals surface area contributed by atoms with Crippen LogP contribution in [0.5, 0.6) is 0 Å². The zero-order chi connectivity index (χ0) is 10.3. The van der Waals surface area contributed by atoms with Crippen molar-refractivity contribution in [1.29, 1.82) is 0 Å². The molecular weight excluding hydrogens is 240 g/mol. The van der Waals surface area contributed by atoms with E-state index >= 15 is 0 Å². The molecule has 0 fully saturated rings. The first-order chi connectivity index (χ1) is 6.52. The minimum Gasteiger partial charge on any atom is -0.294 e. The Labute approximate surface area is 92.6 Å². The average molecular weight is 253 g/mol. The predicted octanol–water partition coefficient (Wildman–Crippen LogP) is 3.74. The number of benzene rings is 1. The molecule has 1 aromatic carbocycles. The van der Waals surface area contributed by atoms with E-state index in [1.807, 2.05) is 38.1 Å². The van der Waals surface area contributed by atoms with Crippen LogP contribution in [0, 0.1) is 5.41 Å². The van der Waals surface area contributed by atoms with E-state index in [1.165, 1.54) is 0 Å². The van der Waals surface area contributed by atoms with E-state index in [0.29, 0.717) is 4.83 Å². The van der Waals surface area contributed by atoms with Gasteiger partial charge in [-0.25, -0.2) is 0 Å². The van der Waals surface area contributed by atoms with Gasteiger partial charge in [-0.2, -0.15) is 0 Å². The van der Waals surface area contributed by atoms with Crippen LogP contribution in [-0.2, 0) is 0 Å². The van der Waals surface area contributed by atoms with Crippen LogP contribution in [0.3, 0.4) is 0 Å². The highest BCUT2D eigenvalue weighted by molar-refractivity contribution is 9.09. The standard InChI is InChI=1S/C12H13BrO/c1-12(2)7-10(13)8-5-3-4-6-9(8)11(12)14/h3-6,10H,7H2,1-2H3. The SMILES string of the molecule is CC1(C)CC(Br)c2ccccc2C1=O. The maximum absolute atomic E-state index is 12.1. The van der Waals surface area contributed by atoms with Gasteiger partial charge in [-0.3, -0.25) is 4.79 Å². The van der Waals surface area contributed by atoms with Gasteiger partial charge in [0.2, 0.25) is 0 Å². The molecule has 0 aromatic heterocycles. The summed E-state index contributed by atoms with van der Waals surface area (Å²) in [6.07, 6.45) is 0.878. The topological polar surface area (TPSA) is 17.1 Å². The van der Waals surface area contributed by atoms with Crippen LogP contribution in [0.4, 0.5) is 0 Å². The Balaban J connectivity index is 2.57. The molecule has 1 aliphatic carbocycles. The maximum atomic E-state index is 12.1. The van der Waals surface area contributed by atoms with Crippen molar-refractivity contribution in [3.05, 3.63) is 35.4 Å². The van der Waals surface area contributed by atoms with E-state index in [1.54, 1.807) is 0 Å². The number of ketones is 1. The van der Waals surface area contributed by atoms with Crippen LogP contribution in [0.15, 0.2) is 24.3 Å². The summed E-state index contributed by atoms with van der Waals surface area (Å²) in [5, 5.41) is 0. The molecule has 1 unspecified atom stereocenters. The molecular formula is C12H13BrO. The summed E-state index contributed by atoms with van der Waals surface area (Å²) in [6, 6.07) is 7.87. The van der Waals surface area contributed by atoms with Crippen molar-refractivity contribution in [1.82, 2.24) is 0 Å². The Morgan fingerprint density at radius 3 is 2.71 bits per heavy atom. The van der Waals surface area contributed by atoms with Gasteiger partial charge in [0.05, 0.1) is 0 Å². The molecule has 0 aliphatic heterocycles. The molecule has 2 heteroatoms. The highest BCUT2D eigenvalue weighted by atomic mass is 79.9. The number of Topliss-reactive ketones (excluding diaryl/α,β-unsaturated/α-hetero) is 1. The van der Waals surface area contributed by atoms with E-state index < -0.39 is 0 Å². The maximum Gasteiger partial charge on any atom is 0.168 e. The van der Waals surface area contributed by atoms with Gasteiger partial charge >= 0.3 is 0 Å². The van der Waals surface area contributed by atoms with Gasteiger partial charge in [-0.1, -0.05) is 54.0 Å². The van der Waals surface area contributed by atoms with Gasteiger partial charge in [0.25, 0.3) is 0 Å². The van der Waals surface area contributed by atoms with Crippen LogP contribution in [0.1, 0.15) is 41.0 Å². The number of alkyl halides is 1. The van der Waals surface area contributed by atoms with Gasteiger partial charge in [0.15, 0.2) is 5.78 Å². The molecule has 0 saturated heterocycles. The molecule has 0 heterocycles. The molecule has 0 N–H and O–H groups in total. The first-order valence-corrected chi connectivity index (χ1v) is 5.72. The molecule has 74 valence electrons. The Hall–Kier alpha value is -0.630. The zero-order valence-electron chi connectivity index (χ0n) is 8.38. The number of hydrogen-bond acceptors (Lipinski definition) is 1. The van der Waals surface area contributed by atoms with Crippen LogP contribution in [-0.4, -0.2) is 5.78 Å². The van der Waals surface area contributed by atoms with Crippen LogP contribution < -0.4 is 0 Å². The van der Waals surface area contributed by atoms with Crippen molar-refractivity contribution in [2.75, 3.05) is 0 Å². The van der Waals surface area contributed by atoms with E-state index in [-0.39, 0.29) is 11.2 Å². The van der Waals surface area contributed by atoms with Crippen molar-refractivity contribution in [3.8, 4) is 0 Å². The molecule has 1 nitrogen and oxygen atoms in total. The molecule has 0 bridgehead atoms. The smallest absolute Gasteiger partial charge is 0.168 e. The molecule has 14 heavy (non-hydrogen) atoms. The zero-order valence-corrected chi connectivity index (χ0v) is 9.97. The second kappa shape index (κ2) is 3.20. The number of fused-ring (bicyclic) bond motifs is 1. The lowest BCUT2D eigenvalue weighted by Crippen LogP contribution is -2.31. The summed E-state index contributed by atoms with van der Waals surface area (Å²) in [7, 11) is 0. The van der Waals surface area contributed by atoms with Crippen molar-refractivity contribution in [2.45, 2.75) is 25.1 Å². The van der Waals surface area contributed by atoms with Gasteiger partial charge < -0.3 is 0 Å². The van der Waals surface area contributed by atoms with E-state index in [4.69, 9.17) is 0 Å². The van der Waals surface area contributed by atoms with Gasteiger partial charge in [0, 0.05) is 15.8 Å². The first kappa shape index (κ1) is 9.91. The lowest BCUT2D eigenvalue weighted by Gasteiger charge is -2.32. The highest BCUT2D eigenvalue weighted by Gasteiger charge is 2.37. The quantitative estimate of drug-likeness (QED) is 0.644. The normalized spacial score (nSPS) is 24.5. The molecule has 1 aliphatic rings. The monoisotopic (exact) mass is 252 g/mol. The van der Waals surface area contributed by atoms with Crippen LogP contribution in [0.25, 0.3) is 0 Å². The Morgan fingerprint density at radius 2 is 2.00 bits per heavy atom. The fourth-order valence-corrected chi connectivity index (χ4v) is 3.20. The van der Waals surface area contributed by atoms with Crippen molar-refractivity contribution >= 4 is 21.7 Å². The molecule has 0 amide bonds. The average Bonchev–Trinajstić information content (AvgIpc) is 2.14. The van der Waals surface area contributed by atoms with E-state index in [2.05, 4.69) is 15.9 Å². The first-order valence-electron chi connectivity index (χ1n) is 4.80. The van der Waals surface area contributed by atoms with E-state index in [9.17, 15) is 4.79 Å². The van der Waals surface area contributed by atoms with Crippen molar-refractivity contribution in [3.63, 3.8) is 0 Å². The molecule has 0 spiro atoms. The lowest BCUT2D eigenvalue weighted by atomic mass is 9.73. The summed E-state index contributed by atoms with van der Waals surface area (Å²) in [5.74, 6) is 0.267. The second-order valence-corrected chi connectivity index (χ2v) is 5.58. The predicted molar refractivity (Wildman–Crippen MR) is 60.8 cm³/mol. The van der Waals surface area contributed by atoms with Gasteiger partial charge in [-0.15, -0.1) is 0 Å². The van der Waals surface area contributed by atoms with E-state index in [0.717, 1.165) is 17.5 Å². The minimum absolute atomic E-state index is 0.234. The summed E-state index contributed by atoms with van der Waals surface area (Å²) in [6.45, 7) is 4.03. The highest BCUT2D eigenvalue weighted by Crippen LogP contribution is 2.44. The van der Waals surface area contributed by atoms with Gasteiger partial charge in [-0.05, 0) is 12.0 Å². The number of carbonyl (C=O) groups is 1. The Kier molecular flexibility index (Phi) is 2.26. The Morgan fingerprint density at radius 1 is 1.36 bits per heavy atom. The Bertz CT molecular complexity index is 382. The third-order valence-corrected chi connectivity index (χ3v) is 3.66. The number of rotatable bonds is 0. The summed E-state index contributed by atoms with van der Waals surface area (Å²) in [5.41, 5.74) is 1.78. The van der Waals surface area contributed by atoms with Crippen molar-refractivity contribution < 1.29 is 4.79 Å². The van der Waals surface area contributed by atoms with Crippen molar-refractivity contribution in [2.24, 2.45) is 5.41 Å². The third-order valence-electron chi connectivity index (χ3n) is 2.85. The summed E-state index contributed by atoms with van der Waals surface area (Å²) >= 11 is 3.64. The number of hydrogen-bond donors (Lipinski definition) is 0. The minimum atomic E-state index is -0.234. The summed E-state index contributed by atoms with van der Waals surface area (Å²) < 4.78 is 0. The second-order valence-electron chi connectivity index (χ2n) is 4.47. The fourth-order valence-electron chi connectivity index (χ4n) is 1.99. The largest absolute Gasteiger partial charge is 0.294 e. The molecule has 0 saturated carbocycles.